The second-order valence-electron chi connectivity index (χ2n) is 3.60. The lowest BCUT2D eigenvalue weighted by atomic mass is 10.2. The molecule has 0 saturated carbocycles. The molecule has 0 aliphatic carbocycles. The van der Waals surface area contributed by atoms with Crippen LogP contribution in [0.5, 0.6) is 0 Å². The van der Waals surface area contributed by atoms with Gasteiger partial charge in [-0.3, -0.25) is 0 Å². The monoisotopic (exact) mass is 208 g/mol. The van der Waals surface area contributed by atoms with E-state index in [0.29, 0.717) is 6.61 Å². The van der Waals surface area contributed by atoms with Gasteiger partial charge >= 0.3 is 0 Å². The number of ether oxygens (including phenoxy) is 3. The molecule has 1 aromatic rings. The van der Waals surface area contributed by atoms with Crippen molar-refractivity contribution in [3.63, 3.8) is 0 Å². The molecule has 2 atom stereocenters. The van der Waals surface area contributed by atoms with Crippen LogP contribution >= 0.6 is 0 Å². The molecule has 0 unspecified atom stereocenters. The third-order valence-electron chi connectivity index (χ3n) is 2.53. The van der Waals surface area contributed by atoms with Crippen LogP contribution < -0.4 is 0 Å². The Balaban J connectivity index is 1.83. The summed E-state index contributed by atoms with van der Waals surface area (Å²) in [7, 11) is 1.65. The van der Waals surface area contributed by atoms with E-state index in [-0.39, 0.29) is 12.4 Å². The Morgan fingerprint density at radius 3 is 2.87 bits per heavy atom. The predicted molar refractivity (Wildman–Crippen MR) is 56.4 cm³/mol. The van der Waals surface area contributed by atoms with Gasteiger partial charge in [0.25, 0.3) is 0 Å². The molecule has 1 saturated heterocycles. The number of benzene rings is 1. The predicted octanol–water partition coefficient (Wildman–Crippen LogP) is 1.96. The molecule has 0 spiro atoms. The fourth-order valence-electron chi connectivity index (χ4n) is 1.70. The van der Waals surface area contributed by atoms with E-state index >= 15 is 0 Å². The first-order valence-corrected chi connectivity index (χ1v) is 5.20. The summed E-state index contributed by atoms with van der Waals surface area (Å²) in [6.45, 7) is 1.34. The molecule has 3 nitrogen and oxygen atoms in total. The van der Waals surface area contributed by atoms with Crippen molar-refractivity contribution >= 4 is 0 Å². The Morgan fingerprint density at radius 1 is 1.33 bits per heavy atom. The Hall–Kier alpha value is -0.900. The van der Waals surface area contributed by atoms with Gasteiger partial charge < -0.3 is 14.2 Å². The van der Waals surface area contributed by atoms with Gasteiger partial charge in [-0.15, -0.1) is 0 Å². The van der Waals surface area contributed by atoms with Crippen molar-refractivity contribution in [2.24, 2.45) is 0 Å². The van der Waals surface area contributed by atoms with Crippen LogP contribution in [0, 0.1) is 0 Å². The maximum atomic E-state index is 5.74. The molecule has 0 aromatic heterocycles. The van der Waals surface area contributed by atoms with Gasteiger partial charge in [0, 0.05) is 13.5 Å². The lowest BCUT2D eigenvalue weighted by Gasteiger charge is -2.17. The van der Waals surface area contributed by atoms with Crippen LogP contribution in [-0.2, 0) is 20.8 Å². The Kier molecular flexibility index (Phi) is 3.72. The highest BCUT2D eigenvalue weighted by Gasteiger charge is 2.28. The zero-order chi connectivity index (χ0) is 10.5. The first kappa shape index (κ1) is 10.6. The number of hydrogen-bond donors (Lipinski definition) is 0. The van der Waals surface area contributed by atoms with Crippen molar-refractivity contribution < 1.29 is 14.2 Å². The summed E-state index contributed by atoms with van der Waals surface area (Å²) in [6, 6.07) is 10.1. The topological polar surface area (TPSA) is 27.7 Å². The fraction of sp³-hybridized carbons (Fsp3) is 0.500. The van der Waals surface area contributed by atoms with Crippen LogP contribution in [0.3, 0.4) is 0 Å². The highest BCUT2D eigenvalue weighted by atomic mass is 16.7. The smallest absolute Gasteiger partial charge is 0.183 e. The molecule has 1 aliphatic rings. The normalized spacial score (nSPS) is 25.7. The highest BCUT2D eigenvalue weighted by molar-refractivity contribution is 5.13. The molecule has 82 valence electrons. The van der Waals surface area contributed by atoms with E-state index < -0.39 is 0 Å². The molecule has 0 amide bonds. The van der Waals surface area contributed by atoms with E-state index in [4.69, 9.17) is 14.2 Å². The van der Waals surface area contributed by atoms with Crippen molar-refractivity contribution in [2.75, 3.05) is 13.7 Å². The van der Waals surface area contributed by atoms with E-state index in [1.807, 2.05) is 18.2 Å². The summed E-state index contributed by atoms with van der Waals surface area (Å²) >= 11 is 0. The van der Waals surface area contributed by atoms with Gasteiger partial charge in [-0.05, 0) is 5.56 Å². The van der Waals surface area contributed by atoms with Crippen LogP contribution in [0.2, 0.25) is 0 Å². The number of hydrogen-bond acceptors (Lipinski definition) is 3. The minimum atomic E-state index is -0.200. The second kappa shape index (κ2) is 5.26. The Labute approximate surface area is 90.0 Å². The van der Waals surface area contributed by atoms with Crippen LogP contribution in [0.4, 0.5) is 0 Å². The molecule has 0 radical (unpaired) electrons. The quantitative estimate of drug-likeness (QED) is 0.757. The van der Waals surface area contributed by atoms with Crippen molar-refractivity contribution in [3.05, 3.63) is 35.9 Å². The van der Waals surface area contributed by atoms with E-state index in [9.17, 15) is 0 Å². The van der Waals surface area contributed by atoms with Gasteiger partial charge in [-0.25, -0.2) is 0 Å². The van der Waals surface area contributed by atoms with E-state index in [2.05, 4.69) is 12.1 Å². The van der Waals surface area contributed by atoms with Gasteiger partial charge in [0.05, 0.1) is 13.2 Å². The Morgan fingerprint density at radius 2 is 2.13 bits per heavy atom. The second-order valence-corrected chi connectivity index (χ2v) is 3.60. The summed E-state index contributed by atoms with van der Waals surface area (Å²) < 4.78 is 16.3. The van der Waals surface area contributed by atoms with Crippen molar-refractivity contribution in [2.45, 2.75) is 25.4 Å². The molecule has 2 rings (SSSR count). The van der Waals surface area contributed by atoms with Gasteiger partial charge in [0.2, 0.25) is 0 Å². The molecule has 1 heterocycles. The lowest BCUT2D eigenvalue weighted by molar-refractivity contribution is -0.150. The van der Waals surface area contributed by atoms with E-state index in [1.165, 1.54) is 5.56 Å². The molecular formula is C12H16O3. The molecule has 0 N–H and O–H groups in total. The van der Waals surface area contributed by atoms with Crippen molar-refractivity contribution in [3.8, 4) is 0 Å². The van der Waals surface area contributed by atoms with Crippen LogP contribution in [-0.4, -0.2) is 26.1 Å². The van der Waals surface area contributed by atoms with Gasteiger partial charge in [0.15, 0.2) is 6.29 Å². The average Bonchev–Trinajstić information content (AvgIpc) is 2.75. The number of methoxy groups -OCH3 is 1. The summed E-state index contributed by atoms with van der Waals surface area (Å²) in [5.41, 5.74) is 1.18. The summed E-state index contributed by atoms with van der Waals surface area (Å²) in [6.07, 6.45) is 0.773. The summed E-state index contributed by atoms with van der Waals surface area (Å²) in [4.78, 5) is 0. The third kappa shape index (κ3) is 2.78. The van der Waals surface area contributed by atoms with E-state index in [1.54, 1.807) is 7.11 Å². The van der Waals surface area contributed by atoms with Gasteiger partial charge in [0.1, 0.15) is 6.10 Å². The van der Waals surface area contributed by atoms with Crippen LogP contribution in [0.15, 0.2) is 30.3 Å². The molecule has 15 heavy (non-hydrogen) atoms. The fourth-order valence-corrected chi connectivity index (χ4v) is 1.70. The molecule has 1 fully saturated rings. The molecule has 0 bridgehead atoms. The lowest BCUT2D eigenvalue weighted by Crippen LogP contribution is -2.25. The minimum absolute atomic E-state index is 0.0650. The van der Waals surface area contributed by atoms with Crippen LogP contribution in [0.1, 0.15) is 12.0 Å². The largest absolute Gasteiger partial charge is 0.368 e. The van der Waals surface area contributed by atoms with Gasteiger partial charge in [-0.2, -0.15) is 0 Å². The zero-order valence-corrected chi connectivity index (χ0v) is 8.89. The maximum Gasteiger partial charge on any atom is 0.183 e. The minimum Gasteiger partial charge on any atom is -0.368 e. The zero-order valence-electron chi connectivity index (χ0n) is 8.89. The molecule has 3 heteroatoms. The average molecular weight is 208 g/mol. The van der Waals surface area contributed by atoms with Crippen molar-refractivity contribution in [1.82, 2.24) is 0 Å². The Bertz CT molecular complexity index is 286. The van der Waals surface area contributed by atoms with Crippen molar-refractivity contribution in [1.29, 1.82) is 0 Å². The first-order valence-electron chi connectivity index (χ1n) is 5.20. The SMILES string of the molecule is CO[C@@H]1OCC[C@@H]1OCc1ccccc1. The summed E-state index contributed by atoms with van der Waals surface area (Å²) in [5.74, 6) is 0. The number of rotatable bonds is 4. The molecular weight excluding hydrogens is 192 g/mol. The molecule has 1 aromatic carbocycles. The van der Waals surface area contributed by atoms with Crippen LogP contribution in [0.25, 0.3) is 0 Å². The van der Waals surface area contributed by atoms with Gasteiger partial charge in [-0.1, -0.05) is 30.3 Å². The summed E-state index contributed by atoms with van der Waals surface area (Å²) in [5, 5.41) is 0. The standard InChI is InChI=1S/C12H16O3/c1-13-12-11(7-8-14-12)15-9-10-5-3-2-4-6-10/h2-6,11-12H,7-9H2,1H3/t11-,12+/m0/s1. The molecule has 1 aliphatic heterocycles. The maximum absolute atomic E-state index is 5.74. The highest BCUT2D eigenvalue weighted by Crippen LogP contribution is 2.18. The first-order chi connectivity index (χ1) is 7.40. The third-order valence-corrected chi connectivity index (χ3v) is 2.53. The van der Waals surface area contributed by atoms with E-state index in [0.717, 1.165) is 13.0 Å².